The molecular weight excluding hydrogens is 228 g/mol. The van der Waals surface area contributed by atoms with Gasteiger partial charge in [-0.3, -0.25) is 0 Å². The minimum atomic E-state index is -0.340. The van der Waals surface area contributed by atoms with E-state index < -0.39 is 0 Å². The summed E-state index contributed by atoms with van der Waals surface area (Å²) in [6, 6.07) is 13.5. The number of aryl methyl sites for hydroxylation is 1. The average molecular weight is 240 g/mol. The van der Waals surface area contributed by atoms with Gasteiger partial charge >= 0.3 is 5.63 Å². The maximum Gasteiger partial charge on any atom is 0.347 e. The Morgan fingerprint density at radius 2 is 1.83 bits per heavy atom. The van der Waals surface area contributed by atoms with Crippen LogP contribution in [0.3, 0.4) is 0 Å². The smallest absolute Gasteiger partial charge is 0.347 e. The monoisotopic (exact) mass is 240 g/mol. The summed E-state index contributed by atoms with van der Waals surface area (Å²) in [4.78, 5) is 11.6. The largest absolute Gasteiger partial charge is 0.460 e. The molecule has 3 nitrogen and oxygen atoms in total. The third-order valence-corrected chi connectivity index (χ3v) is 2.84. The van der Waals surface area contributed by atoms with Gasteiger partial charge in [0.2, 0.25) is 0 Å². The average Bonchev–Trinajstić information content (AvgIpc) is 2.73. The van der Waals surface area contributed by atoms with Crippen molar-refractivity contribution < 1.29 is 8.83 Å². The van der Waals surface area contributed by atoms with Crippen molar-refractivity contribution in [3.63, 3.8) is 0 Å². The molecule has 2 aromatic heterocycles. The lowest BCUT2D eigenvalue weighted by Gasteiger charge is -1.96. The third-order valence-electron chi connectivity index (χ3n) is 2.84. The molecular formula is C15H12O3. The van der Waals surface area contributed by atoms with Gasteiger partial charge in [0.15, 0.2) is 0 Å². The molecule has 3 aromatic rings. The van der Waals surface area contributed by atoms with Crippen LogP contribution in [-0.2, 0) is 6.42 Å². The first kappa shape index (κ1) is 10.8. The van der Waals surface area contributed by atoms with Crippen molar-refractivity contribution in [2.75, 3.05) is 0 Å². The fourth-order valence-electron chi connectivity index (χ4n) is 2.02. The van der Waals surface area contributed by atoms with Crippen LogP contribution in [-0.4, -0.2) is 0 Å². The Kier molecular flexibility index (Phi) is 2.52. The van der Waals surface area contributed by atoms with Crippen LogP contribution in [0.25, 0.3) is 11.0 Å². The predicted octanol–water partition coefficient (Wildman–Crippen LogP) is 3.29. The van der Waals surface area contributed by atoms with Gasteiger partial charge in [0.1, 0.15) is 22.5 Å². The zero-order valence-electron chi connectivity index (χ0n) is 9.97. The molecule has 2 heterocycles. The van der Waals surface area contributed by atoms with Crippen LogP contribution in [0.15, 0.2) is 56.1 Å². The molecule has 0 spiro atoms. The van der Waals surface area contributed by atoms with Gasteiger partial charge in [0.05, 0.1) is 0 Å². The van der Waals surface area contributed by atoms with Crippen molar-refractivity contribution in [1.82, 2.24) is 0 Å². The van der Waals surface area contributed by atoms with E-state index in [-0.39, 0.29) is 5.63 Å². The highest BCUT2D eigenvalue weighted by atomic mass is 16.4. The Hall–Kier alpha value is -2.29. The molecule has 0 bridgehead atoms. The van der Waals surface area contributed by atoms with E-state index in [0.717, 1.165) is 11.3 Å². The molecule has 0 N–H and O–H groups in total. The summed E-state index contributed by atoms with van der Waals surface area (Å²) >= 11 is 0. The first-order valence-corrected chi connectivity index (χ1v) is 5.79. The second-order valence-electron chi connectivity index (χ2n) is 4.30. The minimum absolute atomic E-state index is 0.340. The fourth-order valence-corrected chi connectivity index (χ4v) is 2.02. The highest BCUT2D eigenvalue weighted by molar-refractivity contribution is 5.76. The summed E-state index contributed by atoms with van der Waals surface area (Å²) in [7, 11) is 0. The number of rotatable bonds is 2. The van der Waals surface area contributed by atoms with Crippen LogP contribution in [0.4, 0.5) is 0 Å². The van der Waals surface area contributed by atoms with Gasteiger partial charge < -0.3 is 8.83 Å². The van der Waals surface area contributed by atoms with Gasteiger partial charge in [0, 0.05) is 12.5 Å². The molecule has 90 valence electrons. The summed E-state index contributed by atoms with van der Waals surface area (Å²) < 4.78 is 10.7. The van der Waals surface area contributed by atoms with E-state index in [1.165, 1.54) is 0 Å². The van der Waals surface area contributed by atoms with Crippen molar-refractivity contribution in [1.29, 1.82) is 0 Å². The molecule has 1 aromatic carbocycles. The zero-order chi connectivity index (χ0) is 12.5. The second kappa shape index (κ2) is 4.18. The highest BCUT2D eigenvalue weighted by Gasteiger charge is 2.09. The Bertz CT molecular complexity index is 735. The number of benzene rings is 1. The van der Waals surface area contributed by atoms with Gasteiger partial charge in [-0.05, 0) is 18.6 Å². The quantitative estimate of drug-likeness (QED) is 0.690. The Morgan fingerprint density at radius 1 is 1.06 bits per heavy atom. The van der Waals surface area contributed by atoms with Crippen molar-refractivity contribution in [3.05, 3.63) is 70.0 Å². The highest BCUT2D eigenvalue weighted by Crippen LogP contribution is 2.19. The van der Waals surface area contributed by atoms with E-state index in [1.54, 1.807) is 19.1 Å². The summed E-state index contributed by atoms with van der Waals surface area (Å²) in [6.07, 6.45) is 0.675. The predicted molar refractivity (Wildman–Crippen MR) is 68.7 cm³/mol. The maximum atomic E-state index is 11.6. The van der Waals surface area contributed by atoms with Crippen molar-refractivity contribution in [2.45, 2.75) is 13.3 Å². The second-order valence-corrected chi connectivity index (χ2v) is 4.30. The van der Waals surface area contributed by atoms with Crippen LogP contribution < -0.4 is 5.63 Å². The normalized spacial score (nSPS) is 10.9. The minimum Gasteiger partial charge on any atom is -0.460 e. The lowest BCUT2D eigenvalue weighted by atomic mass is 10.1. The molecule has 3 rings (SSSR count). The van der Waals surface area contributed by atoms with E-state index in [1.807, 2.05) is 30.3 Å². The Morgan fingerprint density at radius 3 is 2.61 bits per heavy atom. The summed E-state index contributed by atoms with van der Waals surface area (Å²) in [5.74, 6) is 1.34. The van der Waals surface area contributed by atoms with Gasteiger partial charge in [0.25, 0.3) is 0 Å². The number of hydrogen-bond donors (Lipinski definition) is 0. The lowest BCUT2D eigenvalue weighted by molar-refractivity contribution is 0.483. The molecule has 0 saturated heterocycles. The van der Waals surface area contributed by atoms with Crippen LogP contribution in [0.2, 0.25) is 0 Å². The van der Waals surface area contributed by atoms with Gasteiger partial charge in [-0.15, -0.1) is 0 Å². The molecule has 3 heteroatoms. The zero-order valence-corrected chi connectivity index (χ0v) is 9.97. The van der Waals surface area contributed by atoms with Crippen LogP contribution in [0.5, 0.6) is 0 Å². The number of hydrogen-bond acceptors (Lipinski definition) is 3. The molecule has 0 aliphatic carbocycles. The molecule has 0 fully saturated rings. The standard InChI is InChI=1S/C15H12O3/c1-10-7-14-13(15(16)17-10)9-12(18-14)8-11-5-3-2-4-6-11/h2-7,9H,8H2,1H3. The van der Waals surface area contributed by atoms with Crippen LogP contribution >= 0.6 is 0 Å². The molecule has 0 radical (unpaired) electrons. The van der Waals surface area contributed by atoms with E-state index in [2.05, 4.69) is 0 Å². The summed E-state index contributed by atoms with van der Waals surface area (Å²) in [5, 5.41) is 0.506. The van der Waals surface area contributed by atoms with Crippen LogP contribution in [0, 0.1) is 6.92 Å². The van der Waals surface area contributed by atoms with Crippen LogP contribution in [0.1, 0.15) is 17.1 Å². The molecule has 18 heavy (non-hydrogen) atoms. The topological polar surface area (TPSA) is 43.4 Å². The lowest BCUT2D eigenvalue weighted by Crippen LogP contribution is -1.97. The van der Waals surface area contributed by atoms with E-state index in [0.29, 0.717) is 23.2 Å². The van der Waals surface area contributed by atoms with E-state index in [9.17, 15) is 4.79 Å². The molecule has 0 aliphatic rings. The first-order chi connectivity index (χ1) is 8.72. The first-order valence-electron chi connectivity index (χ1n) is 5.79. The molecule has 0 aliphatic heterocycles. The SMILES string of the molecule is Cc1cc2oc(Cc3ccccc3)cc2c(=O)o1. The van der Waals surface area contributed by atoms with Gasteiger partial charge in [-0.1, -0.05) is 30.3 Å². The number of fused-ring (bicyclic) bond motifs is 1. The summed E-state index contributed by atoms with van der Waals surface area (Å²) in [5.41, 5.74) is 1.40. The third kappa shape index (κ3) is 1.95. The summed E-state index contributed by atoms with van der Waals surface area (Å²) in [6.45, 7) is 1.74. The van der Waals surface area contributed by atoms with Crippen molar-refractivity contribution >= 4 is 11.0 Å². The molecule has 0 amide bonds. The Balaban J connectivity index is 2.04. The number of furan rings is 1. The van der Waals surface area contributed by atoms with Crippen molar-refractivity contribution in [3.8, 4) is 0 Å². The molecule has 0 saturated carbocycles. The van der Waals surface area contributed by atoms with Crippen molar-refractivity contribution in [2.24, 2.45) is 0 Å². The maximum absolute atomic E-state index is 11.6. The fraction of sp³-hybridized carbons (Fsp3) is 0.133. The molecule has 0 atom stereocenters. The van der Waals surface area contributed by atoms with E-state index >= 15 is 0 Å². The van der Waals surface area contributed by atoms with E-state index in [4.69, 9.17) is 8.83 Å². The van der Waals surface area contributed by atoms with Gasteiger partial charge in [-0.2, -0.15) is 0 Å². The van der Waals surface area contributed by atoms with Gasteiger partial charge in [-0.25, -0.2) is 4.79 Å². The molecule has 0 unspecified atom stereocenters. The Labute approximate surface area is 104 Å².